The monoisotopic (exact) mass is 381 g/mol. The van der Waals surface area contributed by atoms with E-state index in [0.29, 0.717) is 5.56 Å². The van der Waals surface area contributed by atoms with E-state index in [4.69, 9.17) is 4.74 Å². The fourth-order valence-electron chi connectivity index (χ4n) is 3.36. The van der Waals surface area contributed by atoms with Gasteiger partial charge in [-0.15, -0.1) is 0 Å². The van der Waals surface area contributed by atoms with E-state index in [1.165, 1.54) is 31.4 Å². The molecule has 0 saturated carbocycles. The average molecular weight is 381 g/mol. The summed E-state index contributed by atoms with van der Waals surface area (Å²) >= 11 is 0. The van der Waals surface area contributed by atoms with Crippen LogP contribution < -0.4 is 10.2 Å². The minimum atomic E-state index is -0.318. The van der Waals surface area contributed by atoms with Crippen LogP contribution in [0.3, 0.4) is 0 Å². The van der Waals surface area contributed by atoms with Crippen LogP contribution in [-0.4, -0.2) is 41.8 Å². The number of aromatic hydroxyl groups is 1. The molecule has 0 aliphatic carbocycles. The molecule has 0 radical (unpaired) electrons. The van der Waals surface area contributed by atoms with Gasteiger partial charge in [-0.25, -0.2) is 5.43 Å². The first-order valence-electron chi connectivity index (χ1n) is 9.60. The molecule has 0 atom stereocenters. The van der Waals surface area contributed by atoms with E-state index in [0.717, 1.165) is 42.2 Å². The maximum atomic E-state index is 12.2. The fourth-order valence-corrected chi connectivity index (χ4v) is 3.36. The van der Waals surface area contributed by atoms with Crippen LogP contribution in [0.4, 0.5) is 0 Å². The van der Waals surface area contributed by atoms with Gasteiger partial charge in [0.25, 0.3) is 5.91 Å². The number of methoxy groups -OCH3 is 1. The van der Waals surface area contributed by atoms with Crippen LogP contribution in [0, 0.1) is 0 Å². The van der Waals surface area contributed by atoms with Gasteiger partial charge in [0.1, 0.15) is 11.5 Å². The Kier molecular flexibility index (Phi) is 6.66. The highest BCUT2D eigenvalue weighted by Gasteiger charge is 2.14. The highest BCUT2D eigenvalue weighted by Crippen LogP contribution is 2.23. The number of likely N-dealkylation sites (tertiary alicyclic amines) is 1. The molecule has 1 aliphatic heterocycles. The summed E-state index contributed by atoms with van der Waals surface area (Å²) in [6.07, 6.45) is 3.79. The minimum Gasteiger partial charge on any atom is -0.508 e. The summed E-state index contributed by atoms with van der Waals surface area (Å²) in [5, 5.41) is 13.6. The number of hydrazone groups is 1. The molecule has 1 fully saturated rings. The Bertz CT molecular complexity index is 841. The molecule has 28 heavy (non-hydrogen) atoms. The molecular weight excluding hydrogens is 354 g/mol. The number of phenolic OH excluding ortho intramolecular Hbond substituents is 1. The van der Waals surface area contributed by atoms with Crippen molar-refractivity contribution in [3.8, 4) is 11.5 Å². The maximum absolute atomic E-state index is 12.2. The third-order valence-electron chi connectivity index (χ3n) is 5.00. The van der Waals surface area contributed by atoms with Gasteiger partial charge < -0.3 is 9.84 Å². The molecule has 3 rings (SSSR count). The number of nitrogens with one attached hydrogen (secondary N) is 1. The number of phenols is 1. The van der Waals surface area contributed by atoms with Crippen molar-refractivity contribution in [2.24, 2.45) is 5.10 Å². The van der Waals surface area contributed by atoms with Crippen LogP contribution in [0.15, 0.2) is 47.6 Å². The van der Waals surface area contributed by atoms with Crippen molar-refractivity contribution in [3.63, 3.8) is 0 Å². The van der Waals surface area contributed by atoms with Gasteiger partial charge in [-0.1, -0.05) is 6.42 Å². The highest BCUT2D eigenvalue weighted by atomic mass is 16.5. The third-order valence-corrected chi connectivity index (χ3v) is 5.00. The number of hydrogen-bond donors (Lipinski definition) is 2. The SMILES string of the molecule is COc1ccc(/C(C)=N\NC(=O)c2ccc(O)cc2)cc1CN1CCCCC1. The molecule has 1 heterocycles. The zero-order valence-electron chi connectivity index (χ0n) is 16.4. The molecular formula is C22H27N3O3. The van der Waals surface area contributed by atoms with Crippen LogP contribution >= 0.6 is 0 Å². The molecule has 0 aromatic heterocycles. The molecule has 2 aromatic carbocycles. The topological polar surface area (TPSA) is 74.2 Å². The van der Waals surface area contributed by atoms with Gasteiger partial charge in [0.2, 0.25) is 0 Å². The molecule has 148 valence electrons. The first kappa shape index (κ1) is 19.9. The number of amides is 1. The van der Waals surface area contributed by atoms with Gasteiger partial charge in [-0.2, -0.15) is 5.10 Å². The van der Waals surface area contributed by atoms with Crippen molar-refractivity contribution < 1.29 is 14.6 Å². The number of rotatable bonds is 6. The van der Waals surface area contributed by atoms with Gasteiger partial charge in [-0.3, -0.25) is 9.69 Å². The van der Waals surface area contributed by atoms with Crippen molar-refractivity contribution in [1.29, 1.82) is 0 Å². The Morgan fingerprint density at radius 2 is 1.79 bits per heavy atom. The summed E-state index contributed by atoms with van der Waals surface area (Å²) in [7, 11) is 1.69. The second kappa shape index (κ2) is 9.37. The molecule has 2 aromatic rings. The summed E-state index contributed by atoms with van der Waals surface area (Å²) < 4.78 is 5.53. The number of carbonyl (C=O) groups is 1. The first-order chi connectivity index (χ1) is 13.6. The zero-order valence-corrected chi connectivity index (χ0v) is 16.4. The quantitative estimate of drug-likeness (QED) is 0.593. The number of carbonyl (C=O) groups excluding carboxylic acids is 1. The minimum absolute atomic E-state index is 0.121. The summed E-state index contributed by atoms with van der Waals surface area (Å²) in [6, 6.07) is 12.0. The van der Waals surface area contributed by atoms with Crippen molar-refractivity contribution >= 4 is 11.6 Å². The Morgan fingerprint density at radius 3 is 2.46 bits per heavy atom. The normalized spacial score (nSPS) is 15.3. The standard InChI is InChI=1S/C22H27N3O3/c1-16(23-24-22(27)17-6-9-20(26)10-7-17)18-8-11-21(28-2)19(14-18)15-25-12-4-3-5-13-25/h6-11,14,26H,3-5,12-13,15H2,1-2H3,(H,24,27)/b23-16-. The van der Waals surface area contributed by atoms with Crippen molar-refractivity contribution in [3.05, 3.63) is 59.2 Å². The highest BCUT2D eigenvalue weighted by molar-refractivity contribution is 6.01. The Morgan fingerprint density at radius 1 is 1.11 bits per heavy atom. The van der Waals surface area contributed by atoms with Crippen molar-refractivity contribution in [2.75, 3.05) is 20.2 Å². The fraction of sp³-hybridized carbons (Fsp3) is 0.364. The van der Waals surface area contributed by atoms with Gasteiger partial charge >= 0.3 is 0 Å². The maximum Gasteiger partial charge on any atom is 0.271 e. The zero-order chi connectivity index (χ0) is 19.9. The first-order valence-corrected chi connectivity index (χ1v) is 9.60. The van der Waals surface area contributed by atoms with Crippen LogP contribution in [-0.2, 0) is 6.54 Å². The summed E-state index contributed by atoms with van der Waals surface area (Å²) in [5.74, 6) is 0.673. The smallest absolute Gasteiger partial charge is 0.271 e. The molecule has 6 heteroatoms. The second-order valence-electron chi connectivity index (χ2n) is 7.05. The lowest BCUT2D eigenvalue weighted by molar-refractivity contribution is 0.0955. The lowest BCUT2D eigenvalue weighted by Crippen LogP contribution is -2.29. The van der Waals surface area contributed by atoms with E-state index >= 15 is 0 Å². The molecule has 2 N–H and O–H groups in total. The van der Waals surface area contributed by atoms with Crippen LogP contribution in [0.5, 0.6) is 11.5 Å². The van der Waals surface area contributed by atoms with Crippen LogP contribution in [0.2, 0.25) is 0 Å². The van der Waals surface area contributed by atoms with Gasteiger partial charge in [0, 0.05) is 17.7 Å². The summed E-state index contributed by atoms with van der Waals surface area (Å²) in [4.78, 5) is 14.6. The number of ether oxygens (including phenoxy) is 1. The molecule has 1 saturated heterocycles. The van der Waals surface area contributed by atoms with E-state index in [2.05, 4.69) is 21.5 Å². The predicted molar refractivity (Wildman–Crippen MR) is 110 cm³/mol. The molecule has 0 spiro atoms. The lowest BCUT2D eigenvalue weighted by Gasteiger charge is -2.27. The lowest BCUT2D eigenvalue weighted by atomic mass is 10.0. The number of hydrogen-bond acceptors (Lipinski definition) is 5. The Hall–Kier alpha value is -2.86. The third kappa shape index (κ3) is 5.10. The van der Waals surface area contributed by atoms with Gasteiger partial charge in [0.15, 0.2) is 0 Å². The van der Waals surface area contributed by atoms with E-state index in [9.17, 15) is 9.90 Å². The molecule has 6 nitrogen and oxygen atoms in total. The van der Waals surface area contributed by atoms with E-state index in [1.807, 2.05) is 19.1 Å². The van der Waals surface area contributed by atoms with Gasteiger partial charge in [0.05, 0.1) is 12.8 Å². The van der Waals surface area contributed by atoms with Crippen LogP contribution in [0.1, 0.15) is 47.7 Å². The number of benzene rings is 2. The Labute approximate surface area is 165 Å². The molecule has 1 aliphatic rings. The van der Waals surface area contributed by atoms with Crippen molar-refractivity contribution in [2.45, 2.75) is 32.7 Å². The molecule has 0 bridgehead atoms. The summed E-state index contributed by atoms with van der Waals surface area (Å²) in [6.45, 7) is 4.94. The van der Waals surface area contributed by atoms with E-state index in [-0.39, 0.29) is 11.7 Å². The number of piperidine rings is 1. The largest absolute Gasteiger partial charge is 0.508 e. The van der Waals surface area contributed by atoms with Gasteiger partial charge in [-0.05, 0) is 80.9 Å². The average Bonchev–Trinajstić information content (AvgIpc) is 2.73. The van der Waals surface area contributed by atoms with E-state index in [1.54, 1.807) is 19.2 Å². The number of nitrogens with zero attached hydrogens (tertiary/aromatic N) is 2. The molecule has 0 unspecified atom stereocenters. The predicted octanol–water partition coefficient (Wildman–Crippen LogP) is 3.54. The van der Waals surface area contributed by atoms with Crippen LogP contribution in [0.25, 0.3) is 0 Å². The molecule has 1 amide bonds. The van der Waals surface area contributed by atoms with E-state index < -0.39 is 0 Å². The Balaban J connectivity index is 1.72. The second-order valence-corrected chi connectivity index (χ2v) is 7.05. The van der Waals surface area contributed by atoms with Crippen molar-refractivity contribution in [1.82, 2.24) is 10.3 Å². The summed E-state index contributed by atoms with van der Waals surface area (Å²) in [5.41, 5.74) is 5.80.